The molecular weight excluding hydrogens is 502 g/mol. The molecule has 218 valence electrons. The van der Waals surface area contributed by atoms with Crippen LogP contribution in [0.15, 0.2) is 44.7 Å². The third kappa shape index (κ3) is 6.68. The van der Waals surface area contributed by atoms with E-state index in [4.69, 9.17) is 0 Å². The fourth-order valence-corrected chi connectivity index (χ4v) is 4.77. The number of nitrogens with one attached hydrogen (secondary N) is 1. The Labute approximate surface area is 237 Å². The van der Waals surface area contributed by atoms with E-state index in [9.17, 15) is 19.5 Å². The summed E-state index contributed by atoms with van der Waals surface area (Å²) in [5.74, 6) is 0.225. The second-order valence-electron chi connectivity index (χ2n) is 15.1. The Morgan fingerprint density at radius 2 is 0.925 bits per heavy atom. The van der Waals surface area contributed by atoms with Gasteiger partial charge in [0.25, 0.3) is 0 Å². The van der Waals surface area contributed by atoms with Crippen molar-refractivity contribution in [2.45, 2.75) is 118 Å². The van der Waals surface area contributed by atoms with Crippen molar-refractivity contribution in [2.24, 2.45) is 0 Å². The average Bonchev–Trinajstić information content (AvgIpc) is 2.77. The van der Waals surface area contributed by atoms with Crippen molar-refractivity contribution in [3.63, 3.8) is 0 Å². The molecule has 0 unspecified atom stereocenters. The highest BCUT2D eigenvalue weighted by atomic mass is 16.3. The Morgan fingerprint density at radius 1 is 0.575 bits per heavy atom. The van der Waals surface area contributed by atoms with Crippen molar-refractivity contribution < 1.29 is 5.11 Å². The molecule has 2 N–H and O–H groups in total. The van der Waals surface area contributed by atoms with Crippen LogP contribution in [0.2, 0.25) is 0 Å². The maximum Gasteiger partial charge on any atom is 0.336 e. The molecule has 0 saturated heterocycles. The Kier molecular flexibility index (Phi) is 7.98. The molecule has 0 atom stereocenters. The number of H-pyrrole nitrogens is 1. The van der Waals surface area contributed by atoms with Gasteiger partial charge in [-0.15, -0.1) is 0 Å². The highest BCUT2D eigenvalue weighted by molar-refractivity contribution is 5.50. The van der Waals surface area contributed by atoms with E-state index < -0.39 is 17.1 Å². The summed E-state index contributed by atoms with van der Waals surface area (Å²) in [6.45, 7) is 24.9. The quantitative estimate of drug-likeness (QED) is 0.437. The van der Waals surface area contributed by atoms with Crippen LogP contribution in [0.1, 0.15) is 116 Å². The second kappa shape index (κ2) is 10.2. The minimum Gasteiger partial charge on any atom is -0.507 e. The summed E-state index contributed by atoms with van der Waals surface area (Å²) in [5, 5.41) is 11.1. The molecule has 0 saturated carbocycles. The van der Waals surface area contributed by atoms with Crippen LogP contribution >= 0.6 is 0 Å². The third-order valence-electron chi connectivity index (χ3n) is 7.36. The molecule has 3 rings (SSSR count). The summed E-state index contributed by atoms with van der Waals surface area (Å²) in [6.07, 6.45) is 0. The number of phenols is 1. The topological polar surface area (TPSA) is 97.1 Å². The summed E-state index contributed by atoms with van der Waals surface area (Å²) in [4.78, 5) is 41.8. The lowest BCUT2D eigenvalue weighted by Crippen LogP contribution is -2.49. The van der Waals surface area contributed by atoms with Gasteiger partial charge in [0.05, 0.1) is 13.1 Å². The minimum atomic E-state index is -0.757. The van der Waals surface area contributed by atoms with Crippen LogP contribution in [-0.4, -0.2) is 19.2 Å². The fourth-order valence-electron chi connectivity index (χ4n) is 4.77. The number of phenolic OH excluding ortho intramolecular Hbond substituents is 1. The Hall–Kier alpha value is -3.35. The Bertz CT molecular complexity index is 1520. The Morgan fingerprint density at radius 3 is 1.25 bits per heavy atom. The first-order chi connectivity index (χ1) is 18.0. The molecule has 2 aromatic carbocycles. The van der Waals surface area contributed by atoms with Gasteiger partial charge in [-0.2, -0.15) is 0 Å². The zero-order chi connectivity index (χ0) is 30.6. The first kappa shape index (κ1) is 31.2. The van der Waals surface area contributed by atoms with Crippen molar-refractivity contribution in [3.05, 3.63) is 95.2 Å². The predicted octanol–water partition coefficient (Wildman–Crippen LogP) is 5.69. The number of aromatic amines is 1. The molecule has 1 aromatic heterocycles. The van der Waals surface area contributed by atoms with Gasteiger partial charge in [-0.3, -0.25) is 4.98 Å². The van der Waals surface area contributed by atoms with Crippen molar-refractivity contribution in [2.75, 3.05) is 0 Å². The second-order valence-corrected chi connectivity index (χ2v) is 15.1. The molecule has 0 aliphatic rings. The number of aromatic nitrogens is 3. The molecule has 7 heteroatoms. The fraction of sp³-hybridized carbons (Fsp3) is 0.545. The van der Waals surface area contributed by atoms with E-state index in [1.54, 1.807) is 0 Å². The maximum atomic E-state index is 13.7. The number of hydrogen-bond donors (Lipinski definition) is 2. The first-order valence-corrected chi connectivity index (χ1v) is 14.0. The van der Waals surface area contributed by atoms with Gasteiger partial charge in [0.1, 0.15) is 5.75 Å². The van der Waals surface area contributed by atoms with E-state index in [1.807, 2.05) is 65.8 Å². The van der Waals surface area contributed by atoms with Crippen LogP contribution in [-0.2, 0) is 34.7 Å². The lowest BCUT2D eigenvalue weighted by atomic mass is 9.78. The number of rotatable bonds is 4. The van der Waals surface area contributed by atoms with Crippen LogP contribution in [0.4, 0.5) is 0 Å². The lowest BCUT2D eigenvalue weighted by molar-refractivity contribution is 0.422. The molecule has 1 heterocycles. The van der Waals surface area contributed by atoms with E-state index in [0.717, 1.165) is 37.0 Å². The molecule has 0 radical (unpaired) electrons. The van der Waals surface area contributed by atoms with Gasteiger partial charge in [0.15, 0.2) is 0 Å². The highest BCUT2D eigenvalue weighted by Crippen LogP contribution is 2.40. The molecule has 0 aliphatic carbocycles. The molecule has 0 spiro atoms. The highest BCUT2D eigenvalue weighted by Gasteiger charge is 2.27. The van der Waals surface area contributed by atoms with Crippen LogP contribution in [0.25, 0.3) is 0 Å². The molecule has 0 bridgehead atoms. The number of hydrogen-bond acceptors (Lipinski definition) is 4. The van der Waals surface area contributed by atoms with Crippen molar-refractivity contribution in [1.29, 1.82) is 0 Å². The number of aromatic hydroxyl groups is 1. The zero-order valence-corrected chi connectivity index (χ0v) is 26.4. The monoisotopic (exact) mass is 549 g/mol. The SMILES string of the molecule is CC(C)(C)c1cc(Cn2c(=O)[nH]c(=O)n(Cc3cc(C(C)(C)C)c(O)c(C(C)(C)C)c3)c2=O)cc(C(C)(C)C)c1. The molecule has 0 amide bonds. The lowest BCUT2D eigenvalue weighted by Gasteiger charge is -2.28. The molecular formula is C33H47N3O4. The standard InChI is InChI=1S/C33H47N3O4/c1-30(2,3)22-13-20(14-23(17-22)31(4,5)6)18-35-27(38)34-28(39)36(29(35)40)19-21-15-24(32(7,8)9)26(37)25(16-21)33(10,11)12/h13-17,37H,18-19H2,1-12H3,(H,34,38,39). The van der Waals surface area contributed by atoms with Crippen LogP contribution in [0.3, 0.4) is 0 Å². The molecule has 0 aliphatic heterocycles. The largest absolute Gasteiger partial charge is 0.507 e. The third-order valence-corrected chi connectivity index (χ3v) is 7.36. The Balaban J connectivity index is 2.18. The van der Waals surface area contributed by atoms with Gasteiger partial charge in [0, 0.05) is 0 Å². The molecule has 3 aromatic rings. The van der Waals surface area contributed by atoms with Gasteiger partial charge in [-0.1, -0.05) is 101 Å². The van der Waals surface area contributed by atoms with E-state index in [0.29, 0.717) is 5.56 Å². The predicted molar refractivity (Wildman–Crippen MR) is 163 cm³/mol. The summed E-state index contributed by atoms with van der Waals surface area (Å²) in [5.41, 5.74) is 2.09. The van der Waals surface area contributed by atoms with Gasteiger partial charge in [-0.05, 0) is 67.2 Å². The summed E-state index contributed by atoms with van der Waals surface area (Å²) in [7, 11) is 0. The first-order valence-electron chi connectivity index (χ1n) is 14.0. The minimum absolute atomic E-state index is 0.0316. The zero-order valence-electron chi connectivity index (χ0n) is 26.4. The van der Waals surface area contributed by atoms with E-state index in [2.05, 4.69) is 52.6 Å². The number of benzene rings is 2. The molecule has 7 nitrogen and oxygen atoms in total. The van der Waals surface area contributed by atoms with Crippen LogP contribution < -0.4 is 17.1 Å². The van der Waals surface area contributed by atoms with E-state index in [1.165, 1.54) is 0 Å². The maximum absolute atomic E-state index is 13.7. The van der Waals surface area contributed by atoms with Gasteiger partial charge >= 0.3 is 17.1 Å². The smallest absolute Gasteiger partial charge is 0.336 e. The van der Waals surface area contributed by atoms with Crippen molar-refractivity contribution in [3.8, 4) is 5.75 Å². The van der Waals surface area contributed by atoms with Crippen molar-refractivity contribution >= 4 is 0 Å². The molecule has 40 heavy (non-hydrogen) atoms. The average molecular weight is 550 g/mol. The van der Waals surface area contributed by atoms with Gasteiger partial charge < -0.3 is 5.11 Å². The van der Waals surface area contributed by atoms with Gasteiger partial charge in [0.2, 0.25) is 0 Å². The van der Waals surface area contributed by atoms with Crippen LogP contribution in [0.5, 0.6) is 5.75 Å². The normalized spacial score (nSPS) is 13.1. The molecule has 0 fully saturated rings. The summed E-state index contributed by atoms with van der Waals surface area (Å²) >= 11 is 0. The van der Waals surface area contributed by atoms with E-state index >= 15 is 0 Å². The van der Waals surface area contributed by atoms with E-state index in [-0.39, 0.29) is 40.5 Å². The van der Waals surface area contributed by atoms with Gasteiger partial charge in [-0.25, -0.2) is 23.5 Å². The van der Waals surface area contributed by atoms with Crippen molar-refractivity contribution in [1.82, 2.24) is 14.1 Å². The van der Waals surface area contributed by atoms with Crippen LogP contribution in [0, 0.1) is 0 Å². The summed E-state index contributed by atoms with van der Waals surface area (Å²) < 4.78 is 2.15. The number of nitrogens with zero attached hydrogens (tertiary/aromatic N) is 2. The summed E-state index contributed by atoms with van der Waals surface area (Å²) in [6, 6.07) is 9.92.